The monoisotopic (exact) mass is 268 g/mol. The van der Waals surface area contributed by atoms with Crippen molar-refractivity contribution in [1.29, 1.82) is 0 Å². The molecule has 0 aliphatic heterocycles. The molecule has 1 aromatic carbocycles. The van der Waals surface area contributed by atoms with Gasteiger partial charge in [-0.25, -0.2) is 0 Å². The Bertz CT molecular complexity index is 510. The van der Waals surface area contributed by atoms with Crippen LogP contribution in [0.15, 0.2) is 6.07 Å². The van der Waals surface area contributed by atoms with Crippen LogP contribution in [0.2, 0.25) is 0 Å². The van der Waals surface area contributed by atoms with Crippen molar-refractivity contribution in [3.8, 4) is 11.5 Å². The third-order valence-corrected chi connectivity index (χ3v) is 3.33. The van der Waals surface area contributed by atoms with Crippen LogP contribution in [-0.4, -0.2) is 46.0 Å². The van der Waals surface area contributed by atoms with Gasteiger partial charge in [-0.2, -0.15) is 0 Å². The number of benzene rings is 1. The number of hydrogen-bond donors (Lipinski definition) is 4. The first-order valence-electron chi connectivity index (χ1n) is 5.94. The summed E-state index contributed by atoms with van der Waals surface area (Å²) in [5.41, 5.74) is 0.475. The van der Waals surface area contributed by atoms with E-state index < -0.39 is 18.0 Å². The van der Waals surface area contributed by atoms with Crippen molar-refractivity contribution in [2.45, 2.75) is 25.0 Å². The molecule has 0 amide bonds. The van der Waals surface area contributed by atoms with Gasteiger partial charge in [0.15, 0.2) is 5.78 Å². The van der Waals surface area contributed by atoms with Gasteiger partial charge < -0.3 is 25.2 Å². The van der Waals surface area contributed by atoms with Gasteiger partial charge in [-0.05, 0) is 6.07 Å². The standard InChI is InChI=1S/C13H16O6/c1-19-10-4-7-11(13(18)6(10)2-3-14)8(15)5-9(16)12(7)17/h4,9,12,14,16-18H,2-3,5H2,1H3/t9-,12-/m0/s1. The molecule has 1 aromatic rings. The molecule has 4 N–H and O–H groups in total. The Morgan fingerprint density at radius 3 is 2.68 bits per heavy atom. The summed E-state index contributed by atoms with van der Waals surface area (Å²) in [6.07, 6.45) is -2.54. The fraction of sp³-hybridized carbons (Fsp3) is 0.462. The average Bonchev–Trinajstić information content (AvgIpc) is 2.38. The predicted octanol–water partition coefficient (Wildman–Crippen LogP) is -0.0837. The van der Waals surface area contributed by atoms with Gasteiger partial charge in [0, 0.05) is 30.6 Å². The molecule has 0 aromatic heterocycles. The lowest BCUT2D eigenvalue weighted by Gasteiger charge is -2.27. The van der Waals surface area contributed by atoms with E-state index in [1.807, 2.05) is 0 Å². The molecule has 0 spiro atoms. The highest BCUT2D eigenvalue weighted by Gasteiger charge is 2.35. The minimum absolute atomic E-state index is 0.00190. The van der Waals surface area contributed by atoms with Crippen LogP contribution in [0.3, 0.4) is 0 Å². The molecule has 0 fully saturated rings. The van der Waals surface area contributed by atoms with Gasteiger partial charge in [0.2, 0.25) is 0 Å². The number of fused-ring (bicyclic) bond motifs is 1. The fourth-order valence-corrected chi connectivity index (χ4v) is 2.38. The van der Waals surface area contributed by atoms with E-state index in [-0.39, 0.29) is 42.1 Å². The predicted molar refractivity (Wildman–Crippen MR) is 65.4 cm³/mol. The first-order chi connectivity index (χ1) is 9.01. The van der Waals surface area contributed by atoms with Gasteiger partial charge in [-0.3, -0.25) is 4.79 Å². The van der Waals surface area contributed by atoms with Gasteiger partial charge in [0.05, 0.1) is 18.8 Å². The number of carbonyl (C=O) groups is 1. The molecule has 6 heteroatoms. The highest BCUT2D eigenvalue weighted by Crippen LogP contribution is 2.41. The zero-order valence-electron chi connectivity index (χ0n) is 10.5. The normalized spacial score (nSPS) is 22.2. The minimum Gasteiger partial charge on any atom is -0.507 e. The molecular formula is C13H16O6. The van der Waals surface area contributed by atoms with E-state index in [1.165, 1.54) is 13.2 Å². The molecule has 0 bridgehead atoms. The van der Waals surface area contributed by atoms with Gasteiger partial charge in [0.1, 0.15) is 17.6 Å². The molecule has 2 atom stereocenters. The summed E-state index contributed by atoms with van der Waals surface area (Å²) in [7, 11) is 1.38. The number of aliphatic hydroxyl groups is 3. The van der Waals surface area contributed by atoms with Crippen molar-refractivity contribution in [3.63, 3.8) is 0 Å². The molecule has 0 saturated carbocycles. The second kappa shape index (κ2) is 5.16. The summed E-state index contributed by atoms with van der Waals surface area (Å²) in [5, 5.41) is 38.6. The summed E-state index contributed by atoms with van der Waals surface area (Å²) in [6, 6.07) is 1.42. The fourth-order valence-electron chi connectivity index (χ4n) is 2.38. The summed E-state index contributed by atoms with van der Waals surface area (Å²) in [4.78, 5) is 11.9. The number of rotatable bonds is 3. The Balaban J connectivity index is 2.66. The highest BCUT2D eigenvalue weighted by atomic mass is 16.5. The number of Topliss-reactive ketones (excluding diaryl/α,β-unsaturated/α-hetero) is 1. The van der Waals surface area contributed by atoms with Crippen LogP contribution in [0.25, 0.3) is 0 Å². The summed E-state index contributed by atoms with van der Waals surface area (Å²) >= 11 is 0. The molecule has 19 heavy (non-hydrogen) atoms. The van der Waals surface area contributed by atoms with Gasteiger partial charge in [-0.1, -0.05) is 0 Å². The number of ether oxygens (including phenoxy) is 1. The van der Waals surface area contributed by atoms with Crippen LogP contribution in [0, 0.1) is 0 Å². The number of hydrogen-bond acceptors (Lipinski definition) is 6. The molecule has 1 aliphatic carbocycles. The van der Waals surface area contributed by atoms with Crippen molar-refractivity contribution in [1.82, 2.24) is 0 Å². The molecule has 0 unspecified atom stereocenters. The Morgan fingerprint density at radius 1 is 1.42 bits per heavy atom. The number of aliphatic hydroxyl groups excluding tert-OH is 3. The average molecular weight is 268 g/mol. The Kier molecular flexibility index (Phi) is 3.75. The number of phenolic OH excluding ortho intramolecular Hbond substituents is 1. The number of phenols is 1. The smallest absolute Gasteiger partial charge is 0.169 e. The molecule has 1 aliphatic rings. The lowest BCUT2D eigenvalue weighted by atomic mass is 9.84. The summed E-state index contributed by atoms with van der Waals surface area (Å²) in [5.74, 6) is -0.460. The van der Waals surface area contributed by atoms with Crippen molar-refractivity contribution in [3.05, 3.63) is 22.8 Å². The largest absolute Gasteiger partial charge is 0.507 e. The number of methoxy groups -OCH3 is 1. The van der Waals surface area contributed by atoms with Crippen LogP contribution in [0.4, 0.5) is 0 Å². The van der Waals surface area contributed by atoms with E-state index in [9.17, 15) is 20.1 Å². The van der Waals surface area contributed by atoms with E-state index in [2.05, 4.69) is 0 Å². The molecular weight excluding hydrogens is 252 g/mol. The van der Waals surface area contributed by atoms with Gasteiger partial charge in [0.25, 0.3) is 0 Å². The van der Waals surface area contributed by atoms with Crippen molar-refractivity contribution in [2.24, 2.45) is 0 Å². The zero-order valence-corrected chi connectivity index (χ0v) is 10.5. The molecule has 6 nitrogen and oxygen atoms in total. The van der Waals surface area contributed by atoms with Crippen molar-refractivity contribution in [2.75, 3.05) is 13.7 Å². The van der Waals surface area contributed by atoms with Crippen molar-refractivity contribution >= 4 is 5.78 Å². The third kappa shape index (κ3) is 2.18. The van der Waals surface area contributed by atoms with E-state index in [0.29, 0.717) is 5.56 Å². The Hall–Kier alpha value is -1.63. The van der Waals surface area contributed by atoms with E-state index in [4.69, 9.17) is 9.84 Å². The van der Waals surface area contributed by atoms with Crippen LogP contribution < -0.4 is 4.74 Å². The SMILES string of the molecule is COc1cc2c(c(O)c1CCO)C(=O)C[C@H](O)[C@H]2O. The molecule has 0 saturated heterocycles. The maximum absolute atomic E-state index is 11.9. The molecule has 0 radical (unpaired) electrons. The maximum Gasteiger partial charge on any atom is 0.169 e. The quantitative estimate of drug-likeness (QED) is 0.610. The van der Waals surface area contributed by atoms with Gasteiger partial charge >= 0.3 is 0 Å². The molecule has 0 heterocycles. The number of carbonyl (C=O) groups excluding carboxylic acids is 1. The maximum atomic E-state index is 11.9. The van der Waals surface area contributed by atoms with Crippen LogP contribution in [0.1, 0.15) is 34.0 Å². The molecule has 2 rings (SSSR count). The lowest BCUT2D eigenvalue weighted by molar-refractivity contribution is 0.00829. The Morgan fingerprint density at radius 2 is 2.11 bits per heavy atom. The van der Waals surface area contributed by atoms with E-state index in [0.717, 1.165) is 0 Å². The highest BCUT2D eigenvalue weighted by molar-refractivity contribution is 6.02. The van der Waals surface area contributed by atoms with Crippen LogP contribution >= 0.6 is 0 Å². The minimum atomic E-state index is -1.24. The summed E-state index contributed by atoms with van der Waals surface area (Å²) < 4.78 is 5.09. The van der Waals surface area contributed by atoms with Crippen LogP contribution in [-0.2, 0) is 6.42 Å². The second-order valence-electron chi connectivity index (χ2n) is 4.48. The third-order valence-electron chi connectivity index (χ3n) is 3.33. The van der Waals surface area contributed by atoms with Crippen molar-refractivity contribution < 1.29 is 30.0 Å². The zero-order chi connectivity index (χ0) is 14.2. The van der Waals surface area contributed by atoms with E-state index in [1.54, 1.807) is 0 Å². The Labute approximate surface area is 109 Å². The number of ketones is 1. The first kappa shape index (κ1) is 13.8. The first-order valence-corrected chi connectivity index (χ1v) is 5.94. The van der Waals surface area contributed by atoms with Crippen LogP contribution in [0.5, 0.6) is 11.5 Å². The topological polar surface area (TPSA) is 107 Å². The number of aromatic hydroxyl groups is 1. The molecule has 104 valence electrons. The lowest BCUT2D eigenvalue weighted by Crippen LogP contribution is -2.29. The van der Waals surface area contributed by atoms with Gasteiger partial charge in [-0.15, -0.1) is 0 Å². The second-order valence-corrected chi connectivity index (χ2v) is 4.48. The van der Waals surface area contributed by atoms with E-state index >= 15 is 0 Å². The summed E-state index contributed by atoms with van der Waals surface area (Å²) in [6.45, 7) is -0.206.